The summed E-state index contributed by atoms with van der Waals surface area (Å²) in [6, 6.07) is 8.83. The molecule has 0 bridgehead atoms. The van der Waals surface area contributed by atoms with Crippen molar-refractivity contribution in [2.45, 2.75) is 6.92 Å². The number of nitrogens with one attached hydrogen (secondary N) is 1. The van der Waals surface area contributed by atoms with Gasteiger partial charge in [-0.3, -0.25) is 9.78 Å². The van der Waals surface area contributed by atoms with Gasteiger partial charge in [-0.2, -0.15) is 0 Å². The van der Waals surface area contributed by atoms with Gasteiger partial charge >= 0.3 is 0 Å². The molecule has 4 nitrogen and oxygen atoms in total. The van der Waals surface area contributed by atoms with Crippen molar-refractivity contribution in [3.8, 4) is 0 Å². The second kappa shape index (κ2) is 4.65. The van der Waals surface area contributed by atoms with E-state index in [0.29, 0.717) is 16.9 Å². The summed E-state index contributed by atoms with van der Waals surface area (Å²) in [7, 11) is 0. The number of aromatic nitrogens is 1. The van der Waals surface area contributed by atoms with E-state index in [2.05, 4.69) is 10.3 Å². The third-order valence-electron chi connectivity index (χ3n) is 2.49. The van der Waals surface area contributed by atoms with E-state index < -0.39 is 0 Å². The minimum atomic E-state index is -0.187. The predicted molar refractivity (Wildman–Crippen MR) is 67.8 cm³/mol. The highest BCUT2D eigenvalue weighted by molar-refractivity contribution is 6.06. The van der Waals surface area contributed by atoms with Gasteiger partial charge in [0, 0.05) is 18.0 Å². The maximum Gasteiger partial charge on any atom is 0.255 e. The van der Waals surface area contributed by atoms with Crippen LogP contribution in [0.2, 0.25) is 0 Å². The highest BCUT2D eigenvalue weighted by Gasteiger charge is 2.09. The van der Waals surface area contributed by atoms with Gasteiger partial charge < -0.3 is 11.1 Å². The lowest BCUT2D eigenvalue weighted by atomic mass is 10.1. The molecule has 0 saturated carbocycles. The average Bonchev–Trinajstić information content (AvgIpc) is 2.35. The molecular formula is C13H13N3O. The first-order chi connectivity index (χ1) is 8.18. The standard InChI is InChI=1S/C13H13N3O/c1-9-3-2-4-11(14)12(9)16-13(17)10-5-7-15-8-6-10/h2-8H,14H2,1H3,(H,16,17). The van der Waals surface area contributed by atoms with E-state index in [0.717, 1.165) is 5.56 Å². The van der Waals surface area contributed by atoms with E-state index in [1.807, 2.05) is 19.1 Å². The number of rotatable bonds is 2. The molecule has 2 rings (SSSR count). The number of nitrogens with zero attached hydrogens (tertiary/aromatic N) is 1. The first-order valence-corrected chi connectivity index (χ1v) is 5.25. The van der Waals surface area contributed by atoms with Gasteiger partial charge in [0.1, 0.15) is 0 Å². The predicted octanol–water partition coefficient (Wildman–Crippen LogP) is 2.22. The van der Waals surface area contributed by atoms with Gasteiger partial charge in [-0.25, -0.2) is 0 Å². The molecule has 3 N–H and O–H groups in total. The third kappa shape index (κ3) is 2.42. The molecule has 0 spiro atoms. The van der Waals surface area contributed by atoms with E-state index in [9.17, 15) is 4.79 Å². The summed E-state index contributed by atoms with van der Waals surface area (Å²) < 4.78 is 0. The van der Waals surface area contributed by atoms with Gasteiger partial charge in [0.15, 0.2) is 0 Å². The first-order valence-electron chi connectivity index (χ1n) is 5.25. The number of hydrogen-bond acceptors (Lipinski definition) is 3. The van der Waals surface area contributed by atoms with Crippen molar-refractivity contribution in [2.24, 2.45) is 0 Å². The number of benzene rings is 1. The number of carbonyl (C=O) groups is 1. The molecule has 0 aliphatic heterocycles. The lowest BCUT2D eigenvalue weighted by molar-refractivity contribution is 0.102. The lowest BCUT2D eigenvalue weighted by Gasteiger charge is -2.10. The first kappa shape index (κ1) is 11.1. The molecule has 86 valence electrons. The molecular weight excluding hydrogens is 214 g/mol. The topological polar surface area (TPSA) is 68.0 Å². The summed E-state index contributed by atoms with van der Waals surface area (Å²) in [6.45, 7) is 1.90. The molecule has 0 aliphatic carbocycles. The summed E-state index contributed by atoms with van der Waals surface area (Å²) in [5, 5.41) is 2.80. The van der Waals surface area contributed by atoms with Crippen LogP contribution in [-0.4, -0.2) is 10.9 Å². The van der Waals surface area contributed by atoms with Crippen molar-refractivity contribution in [2.75, 3.05) is 11.1 Å². The van der Waals surface area contributed by atoms with E-state index in [1.54, 1.807) is 30.6 Å². The Labute approximate surface area is 99.5 Å². The number of nitrogens with two attached hydrogens (primary N) is 1. The Kier molecular flexibility index (Phi) is 3.05. The van der Waals surface area contributed by atoms with Crippen molar-refractivity contribution in [1.29, 1.82) is 0 Å². The van der Waals surface area contributed by atoms with E-state index >= 15 is 0 Å². The van der Waals surface area contributed by atoms with Gasteiger partial charge in [0.05, 0.1) is 11.4 Å². The number of hydrogen-bond donors (Lipinski definition) is 2. The van der Waals surface area contributed by atoms with Crippen molar-refractivity contribution in [1.82, 2.24) is 4.98 Å². The average molecular weight is 227 g/mol. The molecule has 1 aromatic heterocycles. The van der Waals surface area contributed by atoms with Crippen LogP contribution >= 0.6 is 0 Å². The van der Waals surface area contributed by atoms with Gasteiger partial charge in [0.25, 0.3) is 5.91 Å². The van der Waals surface area contributed by atoms with Crippen LogP contribution in [0.4, 0.5) is 11.4 Å². The Morgan fingerprint density at radius 2 is 1.94 bits per heavy atom. The Morgan fingerprint density at radius 1 is 1.24 bits per heavy atom. The molecule has 2 aromatic rings. The maximum absolute atomic E-state index is 11.9. The summed E-state index contributed by atoms with van der Waals surface area (Å²) in [5.41, 5.74) is 8.54. The van der Waals surface area contributed by atoms with Crippen LogP contribution in [0.5, 0.6) is 0 Å². The smallest absolute Gasteiger partial charge is 0.255 e. The van der Waals surface area contributed by atoms with E-state index in [-0.39, 0.29) is 5.91 Å². The van der Waals surface area contributed by atoms with Crippen LogP contribution < -0.4 is 11.1 Å². The molecule has 0 fully saturated rings. The van der Waals surface area contributed by atoms with Crippen molar-refractivity contribution in [3.63, 3.8) is 0 Å². The minimum absolute atomic E-state index is 0.187. The number of para-hydroxylation sites is 1. The van der Waals surface area contributed by atoms with E-state index in [1.165, 1.54) is 0 Å². The van der Waals surface area contributed by atoms with Crippen LogP contribution in [0.3, 0.4) is 0 Å². The molecule has 0 radical (unpaired) electrons. The largest absolute Gasteiger partial charge is 0.397 e. The maximum atomic E-state index is 11.9. The molecule has 0 unspecified atom stereocenters. The van der Waals surface area contributed by atoms with Gasteiger partial charge in [0.2, 0.25) is 0 Å². The Balaban J connectivity index is 2.25. The second-order valence-corrected chi connectivity index (χ2v) is 3.73. The number of aryl methyl sites for hydroxylation is 1. The van der Waals surface area contributed by atoms with Gasteiger partial charge in [-0.15, -0.1) is 0 Å². The summed E-state index contributed by atoms with van der Waals surface area (Å²) >= 11 is 0. The third-order valence-corrected chi connectivity index (χ3v) is 2.49. The Morgan fingerprint density at radius 3 is 2.59 bits per heavy atom. The van der Waals surface area contributed by atoms with Crippen LogP contribution in [0, 0.1) is 6.92 Å². The Hall–Kier alpha value is -2.36. The zero-order chi connectivity index (χ0) is 12.3. The van der Waals surface area contributed by atoms with Gasteiger partial charge in [-0.1, -0.05) is 12.1 Å². The highest BCUT2D eigenvalue weighted by atomic mass is 16.1. The normalized spacial score (nSPS) is 9.94. The summed E-state index contributed by atoms with van der Waals surface area (Å²) in [4.78, 5) is 15.8. The quantitative estimate of drug-likeness (QED) is 0.773. The highest BCUT2D eigenvalue weighted by Crippen LogP contribution is 2.22. The van der Waals surface area contributed by atoms with Gasteiger partial charge in [-0.05, 0) is 30.7 Å². The number of pyridine rings is 1. The fraction of sp³-hybridized carbons (Fsp3) is 0.0769. The number of carbonyl (C=O) groups excluding carboxylic acids is 1. The SMILES string of the molecule is Cc1cccc(N)c1NC(=O)c1ccncc1. The zero-order valence-electron chi connectivity index (χ0n) is 9.47. The lowest BCUT2D eigenvalue weighted by Crippen LogP contribution is -2.14. The molecule has 1 heterocycles. The minimum Gasteiger partial charge on any atom is -0.397 e. The fourth-order valence-electron chi connectivity index (χ4n) is 1.55. The van der Waals surface area contributed by atoms with Crippen LogP contribution in [-0.2, 0) is 0 Å². The zero-order valence-corrected chi connectivity index (χ0v) is 9.47. The fourth-order valence-corrected chi connectivity index (χ4v) is 1.55. The molecule has 1 amide bonds. The molecule has 0 saturated heterocycles. The second-order valence-electron chi connectivity index (χ2n) is 3.73. The summed E-state index contributed by atoms with van der Waals surface area (Å²) in [5.74, 6) is -0.187. The van der Waals surface area contributed by atoms with Crippen LogP contribution in [0.15, 0.2) is 42.7 Å². The molecule has 0 atom stereocenters. The van der Waals surface area contributed by atoms with Crippen molar-refractivity contribution in [3.05, 3.63) is 53.9 Å². The number of amides is 1. The van der Waals surface area contributed by atoms with Crippen LogP contribution in [0.1, 0.15) is 15.9 Å². The monoisotopic (exact) mass is 227 g/mol. The summed E-state index contributed by atoms with van der Waals surface area (Å²) in [6.07, 6.45) is 3.16. The molecule has 0 aliphatic rings. The van der Waals surface area contributed by atoms with Crippen molar-refractivity contribution >= 4 is 17.3 Å². The molecule has 4 heteroatoms. The van der Waals surface area contributed by atoms with Crippen molar-refractivity contribution < 1.29 is 4.79 Å². The molecule has 17 heavy (non-hydrogen) atoms. The number of nitrogen functional groups attached to an aromatic ring is 1. The van der Waals surface area contributed by atoms with Crippen LogP contribution in [0.25, 0.3) is 0 Å². The van der Waals surface area contributed by atoms with E-state index in [4.69, 9.17) is 5.73 Å². The Bertz CT molecular complexity index is 517. The molecule has 1 aromatic carbocycles. The number of anilines is 2.